The molecule has 0 aliphatic heterocycles. The molecule has 1 aromatic carbocycles. The van der Waals surface area contributed by atoms with E-state index in [1.165, 1.54) is 38.2 Å². The fourth-order valence-corrected chi connectivity index (χ4v) is 3.33. The lowest BCUT2D eigenvalue weighted by Gasteiger charge is -2.28. The van der Waals surface area contributed by atoms with E-state index in [2.05, 4.69) is 28.2 Å². The van der Waals surface area contributed by atoms with E-state index in [0.29, 0.717) is 9.89 Å². The lowest BCUT2D eigenvalue weighted by Crippen LogP contribution is -2.31. The summed E-state index contributed by atoms with van der Waals surface area (Å²) in [6.45, 7) is 4.07. The molecule has 0 aromatic heterocycles. The summed E-state index contributed by atoms with van der Waals surface area (Å²) in [5.74, 6) is -0.180. The molecule has 0 bridgehead atoms. The Bertz CT molecular complexity index is 399. The summed E-state index contributed by atoms with van der Waals surface area (Å²) in [4.78, 5) is 0. The van der Waals surface area contributed by atoms with Gasteiger partial charge in [-0.1, -0.05) is 31.9 Å². The number of nitrogens with one attached hydrogen (secondary N) is 1. The fourth-order valence-electron chi connectivity index (χ4n) is 2.93. The van der Waals surface area contributed by atoms with Gasteiger partial charge in [-0.15, -0.1) is 0 Å². The Morgan fingerprint density at radius 1 is 1.33 bits per heavy atom. The predicted molar refractivity (Wildman–Crippen MR) is 77.0 cm³/mol. The van der Waals surface area contributed by atoms with Gasteiger partial charge in [0.2, 0.25) is 0 Å². The molecule has 18 heavy (non-hydrogen) atoms. The monoisotopic (exact) mass is 313 g/mol. The van der Waals surface area contributed by atoms with Crippen LogP contribution in [0.25, 0.3) is 0 Å². The quantitative estimate of drug-likeness (QED) is 0.834. The summed E-state index contributed by atoms with van der Waals surface area (Å²) in [6.07, 6.45) is 6.63. The zero-order valence-corrected chi connectivity index (χ0v) is 12.5. The first-order valence-corrected chi connectivity index (χ1v) is 7.60. The molecule has 0 atom stereocenters. The topological polar surface area (TPSA) is 12.0 Å². The number of hydrogen-bond donors (Lipinski definition) is 1. The highest BCUT2D eigenvalue weighted by molar-refractivity contribution is 9.10. The average molecular weight is 314 g/mol. The lowest BCUT2D eigenvalue weighted by molar-refractivity contribution is 0.268. The average Bonchev–Trinajstić information content (AvgIpc) is 2.84. The van der Waals surface area contributed by atoms with Crippen molar-refractivity contribution in [3.8, 4) is 0 Å². The molecule has 100 valence electrons. The zero-order valence-electron chi connectivity index (χ0n) is 10.9. The minimum absolute atomic E-state index is 0.180. The second-order valence-corrected chi connectivity index (χ2v) is 6.17. The molecule has 1 N–H and O–H groups in total. The van der Waals surface area contributed by atoms with Crippen molar-refractivity contribution in [3.63, 3.8) is 0 Å². The normalized spacial score (nSPS) is 18.2. The molecular weight excluding hydrogens is 293 g/mol. The van der Waals surface area contributed by atoms with Crippen LogP contribution in [0, 0.1) is 11.2 Å². The van der Waals surface area contributed by atoms with Crippen LogP contribution in [0.15, 0.2) is 22.7 Å². The van der Waals surface area contributed by atoms with E-state index in [1.54, 1.807) is 6.07 Å². The van der Waals surface area contributed by atoms with Gasteiger partial charge in [-0.2, -0.15) is 0 Å². The minimum Gasteiger partial charge on any atom is -0.312 e. The first-order valence-electron chi connectivity index (χ1n) is 6.80. The van der Waals surface area contributed by atoms with Crippen molar-refractivity contribution in [2.24, 2.45) is 5.41 Å². The molecule has 1 fully saturated rings. The van der Waals surface area contributed by atoms with Crippen LogP contribution in [0.2, 0.25) is 0 Å². The summed E-state index contributed by atoms with van der Waals surface area (Å²) < 4.78 is 14.0. The highest BCUT2D eigenvalue weighted by Gasteiger charge is 2.31. The van der Waals surface area contributed by atoms with Crippen molar-refractivity contribution >= 4 is 15.9 Å². The van der Waals surface area contributed by atoms with E-state index in [4.69, 9.17) is 0 Å². The predicted octanol–water partition coefficient (Wildman–Crippen LogP) is 4.65. The van der Waals surface area contributed by atoms with Crippen LogP contribution >= 0.6 is 15.9 Å². The number of hydrogen-bond acceptors (Lipinski definition) is 1. The minimum atomic E-state index is -0.180. The summed E-state index contributed by atoms with van der Waals surface area (Å²) in [6, 6.07) is 5.22. The molecule has 1 aliphatic carbocycles. The first kappa shape index (κ1) is 14.0. The van der Waals surface area contributed by atoms with Crippen LogP contribution in [0.4, 0.5) is 4.39 Å². The van der Waals surface area contributed by atoms with E-state index in [9.17, 15) is 4.39 Å². The zero-order chi connectivity index (χ0) is 13.0. The second kappa shape index (κ2) is 6.16. The third kappa shape index (κ3) is 3.12. The Labute approximate surface area is 117 Å². The summed E-state index contributed by atoms with van der Waals surface area (Å²) in [7, 11) is 0. The number of benzene rings is 1. The van der Waals surface area contributed by atoms with Crippen molar-refractivity contribution < 1.29 is 4.39 Å². The Balaban J connectivity index is 1.90. The third-order valence-electron chi connectivity index (χ3n) is 4.26. The molecule has 0 spiro atoms. The van der Waals surface area contributed by atoms with Crippen LogP contribution in [0.5, 0.6) is 0 Å². The summed E-state index contributed by atoms with van der Waals surface area (Å²) >= 11 is 3.31. The van der Waals surface area contributed by atoms with E-state index >= 15 is 0 Å². The van der Waals surface area contributed by atoms with E-state index in [-0.39, 0.29) is 5.82 Å². The van der Waals surface area contributed by atoms with Crippen molar-refractivity contribution in [1.82, 2.24) is 5.32 Å². The maximum absolute atomic E-state index is 13.4. The van der Waals surface area contributed by atoms with E-state index < -0.39 is 0 Å². The number of rotatable bonds is 5. The van der Waals surface area contributed by atoms with Crippen molar-refractivity contribution in [2.75, 3.05) is 6.54 Å². The van der Waals surface area contributed by atoms with E-state index in [1.807, 2.05) is 6.07 Å². The molecule has 2 rings (SSSR count). The molecule has 0 saturated heterocycles. The van der Waals surface area contributed by atoms with Crippen molar-refractivity contribution in [1.29, 1.82) is 0 Å². The first-order chi connectivity index (χ1) is 8.67. The lowest BCUT2D eigenvalue weighted by atomic mass is 9.83. The highest BCUT2D eigenvalue weighted by Crippen LogP contribution is 2.40. The fraction of sp³-hybridized carbons (Fsp3) is 0.600. The third-order valence-corrected chi connectivity index (χ3v) is 5.15. The van der Waals surface area contributed by atoms with Gasteiger partial charge in [0.15, 0.2) is 0 Å². The van der Waals surface area contributed by atoms with Crippen LogP contribution < -0.4 is 5.32 Å². The van der Waals surface area contributed by atoms with Gasteiger partial charge in [0.25, 0.3) is 0 Å². The van der Waals surface area contributed by atoms with E-state index in [0.717, 1.165) is 18.7 Å². The van der Waals surface area contributed by atoms with Crippen LogP contribution in [0.3, 0.4) is 0 Å². The molecule has 0 amide bonds. The molecule has 1 aromatic rings. The molecule has 1 nitrogen and oxygen atoms in total. The summed E-state index contributed by atoms with van der Waals surface area (Å²) in [5.41, 5.74) is 1.49. The smallest absolute Gasteiger partial charge is 0.137 e. The van der Waals surface area contributed by atoms with Crippen molar-refractivity contribution in [2.45, 2.75) is 45.6 Å². The highest BCUT2D eigenvalue weighted by atomic mass is 79.9. The van der Waals surface area contributed by atoms with Gasteiger partial charge in [-0.3, -0.25) is 0 Å². The van der Waals surface area contributed by atoms with Gasteiger partial charge in [0, 0.05) is 13.1 Å². The molecule has 0 heterocycles. The van der Waals surface area contributed by atoms with Crippen molar-refractivity contribution in [3.05, 3.63) is 34.1 Å². The van der Waals surface area contributed by atoms with Crippen LogP contribution in [-0.2, 0) is 6.54 Å². The SMILES string of the molecule is CCC1(CNCc2cccc(F)c2Br)CCCC1. The standard InChI is InChI=1S/C15H21BrFN/c1-2-15(8-3-4-9-15)11-18-10-12-6-5-7-13(17)14(12)16/h5-7,18H,2-4,8-11H2,1H3. The Kier molecular flexibility index (Phi) is 4.79. The largest absolute Gasteiger partial charge is 0.312 e. The Morgan fingerprint density at radius 3 is 2.72 bits per heavy atom. The van der Waals surface area contributed by atoms with Crippen LogP contribution in [0.1, 0.15) is 44.6 Å². The van der Waals surface area contributed by atoms with Gasteiger partial charge in [0.05, 0.1) is 4.47 Å². The Morgan fingerprint density at radius 2 is 2.06 bits per heavy atom. The van der Waals surface area contributed by atoms with Gasteiger partial charge >= 0.3 is 0 Å². The molecule has 3 heteroatoms. The molecule has 1 saturated carbocycles. The van der Waals surface area contributed by atoms with Gasteiger partial charge in [0.1, 0.15) is 5.82 Å². The maximum Gasteiger partial charge on any atom is 0.137 e. The Hall–Kier alpha value is -0.410. The molecule has 0 radical (unpaired) electrons. The van der Waals surface area contributed by atoms with Gasteiger partial charge < -0.3 is 5.32 Å². The van der Waals surface area contributed by atoms with Gasteiger partial charge in [-0.25, -0.2) is 4.39 Å². The molecule has 0 unspecified atom stereocenters. The second-order valence-electron chi connectivity index (χ2n) is 5.38. The van der Waals surface area contributed by atoms with Gasteiger partial charge in [-0.05, 0) is 52.2 Å². The maximum atomic E-state index is 13.4. The molecular formula is C15H21BrFN. The molecule has 1 aliphatic rings. The number of halogens is 2. The van der Waals surface area contributed by atoms with Crippen LogP contribution in [-0.4, -0.2) is 6.54 Å². The summed E-state index contributed by atoms with van der Waals surface area (Å²) in [5, 5.41) is 3.51.